The zero-order valence-electron chi connectivity index (χ0n) is 26.4. The Morgan fingerprint density at radius 3 is 1.97 bits per heavy atom. The lowest BCUT2D eigenvalue weighted by atomic mass is 9.39. The summed E-state index contributed by atoms with van der Waals surface area (Å²) in [7, 11) is 0. The predicted octanol–water partition coefficient (Wildman–Crippen LogP) is 9.50. The van der Waals surface area contributed by atoms with E-state index in [4.69, 9.17) is 0 Å². The van der Waals surface area contributed by atoms with E-state index in [1.165, 1.54) is 25.7 Å². The zero-order chi connectivity index (χ0) is 28.7. The minimum absolute atomic E-state index is 0.0174. The van der Waals surface area contributed by atoms with Crippen molar-refractivity contribution in [1.29, 1.82) is 5.26 Å². The maximum Gasteiger partial charge on any atom is 0.178 e. The van der Waals surface area contributed by atoms with Crippen LogP contribution in [0.5, 0.6) is 0 Å². The molecule has 0 spiro atoms. The third kappa shape index (κ3) is 6.25. The van der Waals surface area contributed by atoms with Gasteiger partial charge in [-0.05, 0) is 90.8 Å². The summed E-state index contributed by atoms with van der Waals surface area (Å²) >= 11 is 0. The summed E-state index contributed by atoms with van der Waals surface area (Å²) in [4.78, 5) is 25.9. The molecular weight excluding hydrogens is 454 g/mol. The average molecular weight is 512 g/mol. The van der Waals surface area contributed by atoms with E-state index in [9.17, 15) is 14.9 Å². The molecule has 0 aromatic carbocycles. The molecule has 37 heavy (non-hydrogen) atoms. The van der Waals surface area contributed by atoms with Gasteiger partial charge in [-0.15, -0.1) is 0 Å². The van der Waals surface area contributed by atoms with Crippen molar-refractivity contribution in [3.63, 3.8) is 0 Å². The minimum atomic E-state index is -0.595. The molecule has 0 unspecified atom stereocenters. The number of Topliss-reactive ketones (excluding diaryl/α,β-unsaturated/α-hetero) is 2. The van der Waals surface area contributed by atoms with Gasteiger partial charge in [0.1, 0.15) is 11.9 Å². The van der Waals surface area contributed by atoms with Crippen molar-refractivity contribution >= 4 is 11.6 Å². The van der Waals surface area contributed by atoms with Gasteiger partial charge >= 0.3 is 0 Å². The van der Waals surface area contributed by atoms with Crippen LogP contribution in [0.3, 0.4) is 0 Å². The molecule has 0 aromatic rings. The Morgan fingerprint density at radius 1 is 0.973 bits per heavy atom. The Kier molecular flexibility index (Phi) is 9.12. The standard InChI is InChI=1S/C34H57NO2/c1-13-15-29(3,4)17-18-30(5,6)19-20-31(7,8)34(12)16-14-26-32(9,10)28(37)25(23-35)22-33(26,11)27(34)21-24(2)36/h22,26-27H,13-21H2,1-12H3/t26-,27+,33-,34+/m0/s1. The van der Waals surface area contributed by atoms with Crippen molar-refractivity contribution in [2.24, 2.45) is 44.3 Å². The van der Waals surface area contributed by atoms with E-state index >= 15 is 0 Å². The molecule has 0 aliphatic heterocycles. The molecule has 0 bridgehead atoms. The van der Waals surface area contributed by atoms with Crippen LogP contribution in [0.25, 0.3) is 0 Å². The van der Waals surface area contributed by atoms with Gasteiger partial charge in [-0.25, -0.2) is 0 Å². The number of hydrogen-bond acceptors (Lipinski definition) is 3. The van der Waals surface area contributed by atoms with Gasteiger partial charge in [0.2, 0.25) is 0 Å². The molecule has 1 saturated carbocycles. The second kappa shape index (κ2) is 10.6. The van der Waals surface area contributed by atoms with Crippen LogP contribution in [-0.2, 0) is 9.59 Å². The Morgan fingerprint density at radius 2 is 1.49 bits per heavy atom. The van der Waals surface area contributed by atoms with Crippen LogP contribution < -0.4 is 0 Å². The maximum absolute atomic E-state index is 13.2. The monoisotopic (exact) mass is 511 g/mol. The fourth-order valence-corrected chi connectivity index (χ4v) is 8.25. The molecule has 4 atom stereocenters. The second-order valence-electron chi connectivity index (χ2n) is 16.0. The van der Waals surface area contributed by atoms with Crippen molar-refractivity contribution in [1.82, 2.24) is 0 Å². The van der Waals surface area contributed by atoms with Gasteiger partial charge in [-0.3, -0.25) is 4.79 Å². The SMILES string of the molecule is CCCC(C)(C)CCC(C)(C)CCC(C)(C)[C@]1(C)CC[C@H]2C(C)(C)C(=O)C(C#N)=C[C@]2(C)[C@H]1CC(C)=O. The van der Waals surface area contributed by atoms with E-state index in [1.807, 2.05) is 19.9 Å². The fourth-order valence-electron chi connectivity index (χ4n) is 8.25. The van der Waals surface area contributed by atoms with Gasteiger partial charge < -0.3 is 4.79 Å². The van der Waals surface area contributed by atoms with E-state index in [1.54, 1.807) is 6.92 Å². The molecule has 1 fully saturated rings. The van der Waals surface area contributed by atoms with E-state index in [-0.39, 0.29) is 50.6 Å². The van der Waals surface area contributed by atoms with Crippen molar-refractivity contribution in [3.8, 4) is 6.07 Å². The third-order valence-corrected chi connectivity index (χ3v) is 11.4. The number of ketones is 2. The number of allylic oxidation sites excluding steroid dienone is 2. The molecule has 3 heteroatoms. The van der Waals surface area contributed by atoms with E-state index < -0.39 is 5.41 Å². The lowest BCUT2D eigenvalue weighted by molar-refractivity contribution is -0.155. The van der Waals surface area contributed by atoms with Crippen LogP contribution in [0.15, 0.2) is 11.6 Å². The highest BCUT2D eigenvalue weighted by atomic mass is 16.1. The Hall–Kier alpha value is -1.43. The van der Waals surface area contributed by atoms with E-state index in [0.29, 0.717) is 11.8 Å². The third-order valence-electron chi connectivity index (χ3n) is 11.4. The summed E-state index contributed by atoms with van der Waals surface area (Å²) < 4.78 is 0. The topological polar surface area (TPSA) is 57.9 Å². The van der Waals surface area contributed by atoms with Gasteiger partial charge in [0.25, 0.3) is 0 Å². The van der Waals surface area contributed by atoms with Crippen LogP contribution in [0.2, 0.25) is 0 Å². The first-order valence-corrected chi connectivity index (χ1v) is 14.9. The summed E-state index contributed by atoms with van der Waals surface area (Å²) in [5.41, 5.74) is -0.0689. The van der Waals surface area contributed by atoms with Crippen LogP contribution >= 0.6 is 0 Å². The van der Waals surface area contributed by atoms with Crippen LogP contribution in [0, 0.1) is 55.7 Å². The lowest BCUT2D eigenvalue weighted by Gasteiger charge is -2.64. The molecule has 0 N–H and O–H groups in total. The average Bonchev–Trinajstić information content (AvgIpc) is 2.76. The number of carbonyl (C=O) groups is 2. The van der Waals surface area contributed by atoms with Gasteiger partial charge in [-0.1, -0.05) is 88.7 Å². The number of nitrogens with zero attached hydrogens (tertiary/aromatic N) is 1. The highest BCUT2D eigenvalue weighted by Crippen LogP contribution is 2.68. The van der Waals surface area contributed by atoms with E-state index in [0.717, 1.165) is 25.7 Å². The van der Waals surface area contributed by atoms with Crippen LogP contribution in [0.4, 0.5) is 0 Å². The first-order chi connectivity index (χ1) is 16.7. The number of fused-ring (bicyclic) bond motifs is 1. The van der Waals surface area contributed by atoms with Crippen LogP contribution in [-0.4, -0.2) is 11.6 Å². The molecule has 0 aromatic heterocycles. The zero-order valence-corrected chi connectivity index (χ0v) is 26.4. The lowest BCUT2D eigenvalue weighted by Crippen LogP contribution is -2.60. The van der Waals surface area contributed by atoms with E-state index in [2.05, 4.69) is 68.4 Å². The molecular formula is C34H57NO2. The summed E-state index contributed by atoms with van der Waals surface area (Å²) in [5, 5.41) is 9.87. The second-order valence-corrected chi connectivity index (χ2v) is 16.0. The first kappa shape index (κ1) is 31.8. The van der Waals surface area contributed by atoms with Gasteiger partial charge in [0, 0.05) is 11.8 Å². The quantitative estimate of drug-likeness (QED) is 0.277. The normalized spacial score (nSPS) is 30.4. The largest absolute Gasteiger partial charge is 0.300 e. The van der Waals surface area contributed by atoms with Gasteiger partial charge in [0.15, 0.2) is 5.78 Å². The maximum atomic E-state index is 13.2. The summed E-state index contributed by atoms with van der Waals surface area (Å²) in [6.07, 6.45) is 11.7. The minimum Gasteiger partial charge on any atom is -0.300 e. The van der Waals surface area contributed by atoms with Crippen molar-refractivity contribution in [2.75, 3.05) is 0 Å². The molecule has 2 aliphatic carbocycles. The number of carbonyl (C=O) groups excluding carboxylic acids is 2. The molecule has 2 aliphatic rings. The summed E-state index contributed by atoms with van der Waals surface area (Å²) in [6, 6.07) is 2.21. The molecule has 0 radical (unpaired) electrons. The molecule has 3 nitrogen and oxygen atoms in total. The Bertz CT molecular complexity index is 943. The molecule has 0 saturated heterocycles. The molecule has 0 heterocycles. The molecule has 210 valence electrons. The first-order valence-electron chi connectivity index (χ1n) is 14.9. The summed E-state index contributed by atoms with van der Waals surface area (Å²) in [5.74, 6) is 0.396. The summed E-state index contributed by atoms with van der Waals surface area (Å²) in [6.45, 7) is 27.2. The Labute approximate surface area is 229 Å². The highest BCUT2D eigenvalue weighted by molar-refractivity contribution is 6.04. The highest BCUT2D eigenvalue weighted by Gasteiger charge is 2.63. The number of hydrogen-bond donors (Lipinski definition) is 0. The van der Waals surface area contributed by atoms with Crippen molar-refractivity contribution < 1.29 is 9.59 Å². The molecule has 2 rings (SSSR count). The smallest absolute Gasteiger partial charge is 0.178 e. The van der Waals surface area contributed by atoms with Gasteiger partial charge in [-0.2, -0.15) is 5.26 Å². The Balaban J connectivity index is 2.41. The number of nitriles is 1. The number of rotatable bonds is 11. The molecule has 0 amide bonds. The predicted molar refractivity (Wildman–Crippen MR) is 155 cm³/mol. The van der Waals surface area contributed by atoms with Gasteiger partial charge in [0.05, 0.1) is 5.57 Å². The van der Waals surface area contributed by atoms with Crippen LogP contribution in [0.1, 0.15) is 141 Å². The van der Waals surface area contributed by atoms with Crippen molar-refractivity contribution in [3.05, 3.63) is 11.6 Å². The van der Waals surface area contributed by atoms with Crippen molar-refractivity contribution in [2.45, 2.75) is 141 Å². The fraction of sp³-hybridized carbons (Fsp3) is 0.853.